The summed E-state index contributed by atoms with van der Waals surface area (Å²) in [4.78, 5) is 34.3. The number of nitrogens with zero attached hydrogens (tertiary/aromatic N) is 8. The number of nitriles is 1. The van der Waals surface area contributed by atoms with Crippen LogP contribution in [0.4, 0.5) is 10.8 Å². The van der Waals surface area contributed by atoms with Gasteiger partial charge in [0.05, 0.1) is 16.5 Å². The Balaban J connectivity index is 1.24. The maximum absolute atomic E-state index is 12.2. The number of aromatic nitrogens is 4. The van der Waals surface area contributed by atoms with Gasteiger partial charge in [0.15, 0.2) is 0 Å². The SMILES string of the molecule is C=CC(=O)N1CCN(c2cc(-c3noc([C@@]4(C)CCCc5sc(N)c(C#N)c54)n3)nc(OC3CCCC34CCCN4C)n2)CC1. The average Bonchev–Trinajstić information content (AvgIpc) is 3.85. The fourth-order valence-corrected chi connectivity index (χ4v) is 9.16. The molecule has 5 heterocycles. The van der Waals surface area contributed by atoms with Crippen molar-refractivity contribution >= 4 is 28.1 Å². The smallest absolute Gasteiger partial charge is 0.319 e. The number of nitrogens with two attached hydrogens (primary N) is 1. The molecule has 2 saturated heterocycles. The maximum Gasteiger partial charge on any atom is 0.319 e. The van der Waals surface area contributed by atoms with Crippen LogP contribution in [0.3, 0.4) is 0 Å². The second-order valence-electron chi connectivity index (χ2n) is 12.9. The fourth-order valence-electron chi connectivity index (χ4n) is 7.97. The number of nitrogen functional groups attached to an aromatic ring is 1. The summed E-state index contributed by atoms with van der Waals surface area (Å²) in [5.74, 6) is 1.41. The van der Waals surface area contributed by atoms with Crippen LogP contribution in [-0.4, -0.2) is 87.2 Å². The molecule has 236 valence electrons. The van der Waals surface area contributed by atoms with Gasteiger partial charge < -0.3 is 24.8 Å². The molecule has 4 aliphatic rings. The van der Waals surface area contributed by atoms with E-state index in [1.807, 2.05) is 6.07 Å². The van der Waals surface area contributed by atoms with Crippen molar-refractivity contribution < 1.29 is 14.1 Å². The molecule has 2 N–H and O–H groups in total. The zero-order chi connectivity index (χ0) is 31.3. The van der Waals surface area contributed by atoms with Crippen LogP contribution in [-0.2, 0) is 16.6 Å². The van der Waals surface area contributed by atoms with Crippen molar-refractivity contribution in [2.45, 2.75) is 75.3 Å². The van der Waals surface area contributed by atoms with Crippen molar-refractivity contribution in [1.29, 1.82) is 5.26 Å². The molecule has 2 aliphatic carbocycles. The first kappa shape index (κ1) is 29.7. The molecule has 3 aromatic heterocycles. The molecular formula is C32H39N9O3S. The number of piperazine rings is 1. The number of rotatable bonds is 6. The minimum atomic E-state index is -0.634. The van der Waals surface area contributed by atoms with E-state index in [1.165, 1.54) is 17.4 Å². The van der Waals surface area contributed by atoms with Crippen molar-refractivity contribution in [2.75, 3.05) is 50.4 Å². The Hall–Kier alpha value is -4.02. The number of fused-ring (bicyclic) bond motifs is 1. The number of amides is 1. The van der Waals surface area contributed by atoms with Gasteiger partial charge in [-0.15, -0.1) is 11.3 Å². The Labute approximate surface area is 266 Å². The standard InChI is InChI=1S/C32H39N9O3S/c1-4-25(42)41-16-14-40(15-17-41)24-18-21(35-30(36-24)43-23-9-6-11-32(23)12-7-13-39(32)3)28-37-29(44-38-28)31(2)10-5-8-22-26(31)20(19-33)27(34)45-22/h4,18,23H,1,5-17,34H2,2-3H3/t23?,31-,32?/m0/s1. The molecular weight excluding hydrogens is 590 g/mol. The Bertz CT molecular complexity index is 1670. The van der Waals surface area contributed by atoms with Gasteiger partial charge >= 0.3 is 6.01 Å². The zero-order valence-electron chi connectivity index (χ0n) is 25.9. The van der Waals surface area contributed by atoms with E-state index in [-0.39, 0.29) is 17.6 Å². The maximum atomic E-state index is 12.2. The van der Waals surface area contributed by atoms with E-state index in [9.17, 15) is 10.1 Å². The number of likely N-dealkylation sites (tertiary alicyclic amines) is 1. The number of hydrogen-bond acceptors (Lipinski definition) is 12. The Morgan fingerprint density at radius 1 is 1.18 bits per heavy atom. The molecule has 3 atom stereocenters. The summed E-state index contributed by atoms with van der Waals surface area (Å²) in [6, 6.07) is 4.48. The average molecular weight is 630 g/mol. The number of likely N-dealkylation sites (N-methyl/N-ethyl adjacent to an activating group) is 1. The lowest BCUT2D eigenvalue weighted by Crippen LogP contribution is -2.50. The highest BCUT2D eigenvalue weighted by Crippen LogP contribution is 2.49. The minimum Gasteiger partial charge on any atom is -0.458 e. The van der Waals surface area contributed by atoms with E-state index in [0.29, 0.717) is 66.0 Å². The number of aryl methyl sites for hydroxylation is 1. The van der Waals surface area contributed by atoms with Crippen LogP contribution in [0.1, 0.15) is 73.8 Å². The van der Waals surface area contributed by atoms with Crippen LogP contribution < -0.4 is 15.4 Å². The van der Waals surface area contributed by atoms with Gasteiger partial charge in [-0.3, -0.25) is 9.69 Å². The van der Waals surface area contributed by atoms with E-state index < -0.39 is 5.41 Å². The van der Waals surface area contributed by atoms with Crippen molar-refractivity contribution in [3.63, 3.8) is 0 Å². The molecule has 2 aliphatic heterocycles. The normalized spacial score (nSPS) is 26.6. The zero-order valence-corrected chi connectivity index (χ0v) is 26.7. The summed E-state index contributed by atoms with van der Waals surface area (Å²) in [6.45, 7) is 9.10. The largest absolute Gasteiger partial charge is 0.458 e. The van der Waals surface area contributed by atoms with Crippen LogP contribution in [0.15, 0.2) is 23.2 Å². The summed E-state index contributed by atoms with van der Waals surface area (Å²) in [7, 11) is 2.19. The van der Waals surface area contributed by atoms with Crippen LogP contribution in [0.2, 0.25) is 0 Å². The first-order chi connectivity index (χ1) is 21.8. The Morgan fingerprint density at radius 3 is 2.71 bits per heavy atom. The molecule has 7 rings (SSSR count). The number of carbonyl (C=O) groups is 1. The van der Waals surface area contributed by atoms with Crippen LogP contribution in [0.25, 0.3) is 11.5 Å². The van der Waals surface area contributed by atoms with Crippen molar-refractivity contribution in [3.05, 3.63) is 40.6 Å². The summed E-state index contributed by atoms with van der Waals surface area (Å²) in [5, 5.41) is 14.9. The van der Waals surface area contributed by atoms with Gasteiger partial charge in [0.1, 0.15) is 28.7 Å². The second kappa shape index (κ2) is 11.4. The molecule has 45 heavy (non-hydrogen) atoms. The van der Waals surface area contributed by atoms with Crippen molar-refractivity contribution in [1.82, 2.24) is 29.9 Å². The third kappa shape index (κ3) is 4.95. The van der Waals surface area contributed by atoms with Crippen LogP contribution >= 0.6 is 11.3 Å². The Morgan fingerprint density at radius 2 is 1.98 bits per heavy atom. The molecule has 3 aromatic rings. The predicted molar refractivity (Wildman–Crippen MR) is 170 cm³/mol. The number of thiophene rings is 1. The van der Waals surface area contributed by atoms with E-state index >= 15 is 0 Å². The first-order valence-electron chi connectivity index (χ1n) is 15.9. The van der Waals surface area contributed by atoms with Gasteiger partial charge in [-0.05, 0) is 78.0 Å². The third-order valence-electron chi connectivity index (χ3n) is 10.4. The molecule has 1 spiro atoms. The molecule has 0 aromatic carbocycles. The molecule has 2 unspecified atom stereocenters. The highest BCUT2D eigenvalue weighted by Gasteiger charge is 2.50. The molecule has 0 radical (unpaired) electrons. The van der Waals surface area contributed by atoms with E-state index in [2.05, 4.69) is 41.6 Å². The number of hydrogen-bond donors (Lipinski definition) is 1. The molecule has 12 nitrogen and oxygen atoms in total. The molecule has 0 bridgehead atoms. The Kier molecular flexibility index (Phi) is 7.52. The van der Waals surface area contributed by atoms with Crippen molar-refractivity contribution in [3.8, 4) is 23.6 Å². The minimum absolute atomic E-state index is 0.00360. The summed E-state index contributed by atoms with van der Waals surface area (Å²) >= 11 is 1.48. The third-order valence-corrected chi connectivity index (χ3v) is 11.5. The first-order valence-corrected chi connectivity index (χ1v) is 16.7. The van der Waals surface area contributed by atoms with Crippen molar-refractivity contribution in [2.24, 2.45) is 0 Å². The van der Waals surface area contributed by atoms with E-state index in [0.717, 1.165) is 68.4 Å². The monoisotopic (exact) mass is 629 g/mol. The van der Waals surface area contributed by atoms with Gasteiger partial charge in [-0.2, -0.15) is 20.2 Å². The van der Waals surface area contributed by atoms with Gasteiger partial charge in [0.25, 0.3) is 0 Å². The quantitative estimate of drug-likeness (QED) is 0.395. The van der Waals surface area contributed by atoms with Gasteiger partial charge in [-0.25, -0.2) is 0 Å². The van der Waals surface area contributed by atoms with E-state index in [4.69, 9.17) is 29.9 Å². The molecule has 3 fully saturated rings. The summed E-state index contributed by atoms with van der Waals surface area (Å²) in [6.07, 6.45) is 9.34. The van der Waals surface area contributed by atoms with Crippen LogP contribution in [0.5, 0.6) is 6.01 Å². The number of ether oxygens (including phenoxy) is 1. The number of anilines is 2. The highest BCUT2D eigenvalue weighted by atomic mass is 32.1. The van der Waals surface area contributed by atoms with E-state index in [1.54, 1.807) is 4.90 Å². The summed E-state index contributed by atoms with van der Waals surface area (Å²) in [5.41, 5.74) is 7.53. The van der Waals surface area contributed by atoms with Crippen LogP contribution in [0, 0.1) is 11.3 Å². The van der Waals surface area contributed by atoms with Gasteiger partial charge in [-0.1, -0.05) is 11.7 Å². The molecule has 13 heteroatoms. The summed E-state index contributed by atoms with van der Waals surface area (Å²) < 4.78 is 12.6. The van der Waals surface area contributed by atoms with Gasteiger partial charge in [0.2, 0.25) is 17.6 Å². The predicted octanol–water partition coefficient (Wildman–Crippen LogP) is 3.91. The van der Waals surface area contributed by atoms with Gasteiger partial charge in [0, 0.05) is 42.7 Å². The molecule has 1 amide bonds. The lowest BCUT2D eigenvalue weighted by Gasteiger charge is -2.37. The topological polar surface area (TPSA) is 151 Å². The lowest BCUT2D eigenvalue weighted by atomic mass is 9.72. The fraction of sp³-hybridized carbons (Fsp3) is 0.562. The number of carbonyl (C=O) groups excluding carboxylic acids is 1. The second-order valence-corrected chi connectivity index (χ2v) is 14.0. The highest BCUT2D eigenvalue weighted by molar-refractivity contribution is 7.16. The lowest BCUT2D eigenvalue weighted by molar-refractivity contribution is -0.126. The molecule has 1 saturated carbocycles.